The smallest absolute Gasteiger partial charge is 0.310 e. The van der Waals surface area contributed by atoms with Gasteiger partial charge in [-0.3, -0.25) is 9.59 Å². The monoisotopic (exact) mass is 313 g/mol. The van der Waals surface area contributed by atoms with Gasteiger partial charge in [-0.15, -0.1) is 0 Å². The number of benzene rings is 1. The highest BCUT2D eigenvalue weighted by Crippen LogP contribution is 2.50. The summed E-state index contributed by atoms with van der Waals surface area (Å²) < 4.78 is 13.8. The average molecular weight is 314 g/mol. The van der Waals surface area contributed by atoms with Crippen molar-refractivity contribution in [3.05, 3.63) is 34.6 Å². The quantitative estimate of drug-likeness (QED) is 0.878. The molecule has 0 radical (unpaired) electrons. The summed E-state index contributed by atoms with van der Waals surface area (Å²) in [5.74, 6) is -2.22. The summed E-state index contributed by atoms with van der Waals surface area (Å²) >= 11 is 5.98. The molecule has 1 fully saturated rings. The van der Waals surface area contributed by atoms with Crippen LogP contribution in [0.15, 0.2) is 18.2 Å². The summed E-state index contributed by atoms with van der Waals surface area (Å²) in [4.78, 5) is 23.0. The maximum atomic E-state index is 13.8. The van der Waals surface area contributed by atoms with Gasteiger partial charge in [-0.2, -0.15) is 0 Å². The molecule has 0 heterocycles. The Hall–Kier alpha value is -1.62. The minimum absolute atomic E-state index is 0.0371. The lowest BCUT2D eigenvalue weighted by Crippen LogP contribution is -2.39. The van der Waals surface area contributed by atoms with E-state index in [4.69, 9.17) is 16.7 Å². The van der Waals surface area contributed by atoms with Gasteiger partial charge < -0.3 is 10.4 Å². The number of hydrogen-bond acceptors (Lipinski definition) is 2. The molecule has 0 spiro atoms. The van der Waals surface area contributed by atoms with Crippen LogP contribution in [0.3, 0.4) is 0 Å². The Balaban J connectivity index is 1.97. The fourth-order valence-electron chi connectivity index (χ4n) is 2.18. The largest absolute Gasteiger partial charge is 0.481 e. The van der Waals surface area contributed by atoms with Crippen LogP contribution in [0.4, 0.5) is 4.39 Å². The first-order valence-corrected chi connectivity index (χ1v) is 7.07. The zero-order valence-electron chi connectivity index (χ0n) is 11.8. The van der Waals surface area contributed by atoms with Gasteiger partial charge in [-0.1, -0.05) is 17.7 Å². The molecular weight excluding hydrogens is 297 g/mol. The molecule has 0 saturated heterocycles. The van der Waals surface area contributed by atoms with E-state index in [0.717, 1.165) is 0 Å². The number of halogens is 2. The van der Waals surface area contributed by atoms with Gasteiger partial charge in [0, 0.05) is 29.0 Å². The molecule has 4 nitrogen and oxygen atoms in total. The molecule has 6 heteroatoms. The van der Waals surface area contributed by atoms with Crippen LogP contribution in [-0.4, -0.2) is 23.5 Å². The number of carbonyl (C=O) groups is 2. The second-order valence-corrected chi connectivity index (χ2v) is 6.40. The number of aliphatic carboxylic acids is 1. The maximum absolute atomic E-state index is 13.8. The molecule has 1 aromatic rings. The predicted octanol–water partition coefficient (Wildman–Crippen LogP) is 2.81. The highest BCUT2D eigenvalue weighted by Gasteiger charge is 2.46. The minimum atomic E-state index is -1.03. The van der Waals surface area contributed by atoms with Crippen LogP contribution in [0.2, 0.25) is 5.02 Å². The Bertz CT molecular complexity index is 568. The van der Waals surface area contributed by atoms with Gasteiger partial charge in [0.15, 0.2) is 0 Å². The van der Waals surface area contributed by atoms with Crippen LogP contribution in [0.25, 0.3) is 0 Å². The van der Waals surface area contributed by atoms with Gasteiger partial charge in [-0.05, 0) is 32.4 Å². The Labute approximate surface area is 127 Å². The van der Waals surface area contributed by atoms with Gasteiger partial charge >= 0.3 is 5.97 Å². The van der Waals surface area contributed by atoms with E-state index >= 15 is 0 Å². The summed E-state index contributed by atoms with van der Waals surface area (Å²) in [6, 6.07) is 4.44. The standard InChI is InChI=1S/C15H17ClFNO3/c1-15(2,14(20)21)7-18-13(19)9-6-8(9)12-10(16)4-3-5-11(12)17/h3-5,8-9H,6-7H2,1-2H3,(H,18,19)(H,20,21). The van der Waals surface area contributed by atoms with Crippen LogP contribution in [-0.2, 0) is 9.59 Å². The van der Waals surface area contributed by atoms with E-state index in [0.29, 0.717) is 17.0 Å². The number of nitrogens with one attached hydrogen (secondary N) is 1. The molecule has 0 aromatic heterocycles. The molecule has 2 atom stereocenters. The average Bonchev–Trinajstić information content (AvgIpc) is 3.16. The third kappa shape index (κ3) is 3.35. The Morgan fingerprint density at radius 2 is 2.14 bits per heavy atom. The third-order valence-electron chi connectivity index (χ3n) is 3.78. The summed E-state index contributed by atoms with van der Waals surface area (Å²) in [5, 5.41) is 11.9. The van der Waals surface area contributed by atoms with Crippen LogP contribution in [0, 0.1) is 17.2 Å². The fourth-order valence-corrected chi connectivity index (χ4v) is 2.49. The van der Waals surface area contributed by atoms with Gasteiger partial charge in [0.2, 0.25) is 5.91 Å². The zero-order chi connectivity index (χ0) is 15.8. The Morgan fingerprint density at radius 3 is 2.71 bits per heavy atom. The first-order valence-electron chi connectivity index (χ1n) is 6.69. The van der Waals surface area contributed by atoms with E-state index in [-0.39, 0.29) is 24.3 Å². The first kappa shape index (κ1) is 15.8. The summed E-state index contributed by atoms with van der Waals surface area (Å²) in [6.07, 6.45) is 0.528. The second-order valence-electron chi connectivity index (χ2n) is 5.99. The molecule has 21 heavy (non-hydrogen) atoms. The van der Waals surface area contributed by atoms with Crippen molar-refractivity contribution in [3.8, 4) is 0 Å². The SMILES string of the molecule is CC(C)(CNC(=O)C1CC1c1c(F)cccc1Cl)C(=O)O. The van der Waals surface area contributed by atoms with E-state index in [1.54, 1.807) is 6.07 Å². The molecule has 2 N–H and O–H groups in total. The molecule has 114 valence electrons. The van der Waals surface area contributed by atoms with Crippen LogP contribution in [0.5, 0.6) is 0 Å². The minimum Gasteiger partial charge on any atom is -0.481 e. The summed E-state index contributed by atoms with van der Waals surface area (Å²) in [6.45, 7) is 3.11. The summed E-state index contributed by atoms with van der Waals surface area (Å²) in [7, 11) is 0. The number of carbonyl (C=O) groups excluding carboxylic acids is 1. The van der Waals surface area contributed by atoms with Crippen molar-refractivity contribution in [2.24, 2.45) is 11.3 Å². The Morgan fingerprint density at radius 1 is 1.48 bits per heavy atom. The topological polar surface area (TPSA) is 66.4 Å². The molecule has 1 aromatic carbocycles. The number of amides is 1. The molecule has 0 bridgehead atoms. The van der Waals surface area contributed by atoms with Crippen molar-refractivity contribution in [1.29, 1.82) is 0 Å². The fraction of sp³-hybridized carbons (Fsp3) is 0.467. The molecule has 1 amide bonds. The zero-order valence-corrected chi connectivity index (χ0v) is 12.6. The number of rotatable bonds is 5. The molecule has 2 rings (SSSR count). The molecular formula is C15H17ClFNO3. The number of hydrogen-bond donors (Lipinski definition) is 2. The molecule has 1 saturated carbocycles. The Kier molecular flexibility index (Phi) is 4.23. The van der Waals surface area contributed by atoms with E-state index in [1.165, 1.54) is 26.0 Å². The lowest BCUT2D eigenvalue weighted by molar-refractivity contribution is -0.146. The normalized spacial score (nSPS) is 21.0. The molecule has 1 aliphatic rings. The van der Waals surface area contributed by atoms with Gasteiger partial charge in [0.1, 0.15) is 5.82 Å². The highest BCUT2D eigenvalue weighted by molar-refractivity contribution is 6.31. The predicted molar refractivity (Wildman–Crippen MR) is 76.7 cm³/mol. The summed E-state index contributed by atoms with van der Waals surface area (Å²) in [5.41, 5.74) is -0.660. The molecule has 2 unspecified atom stereocenters. The van der Waals surface area contributed by atoms with Crippen molar-refractivity contribution in [1.82, 2.24) is 5.32 Å². The van der Waals surface area contributed by atoms with Crippen LogP contribution >= 0.6 is 11.6 Å². The van der Waals surface area contributed by atoms with E-state index in [2.05, 4.69) is 5.32 Å². The van der Waals surface area contributed by atoms with Gasteiger partial charge in [0.05, 0.1) is 5.41 Å². The number of carboxylic acids is 1. The second kappa shape index (κ2) is 5.64. The van der Waals surface area contributed by atoms with Crippen molar-refractivity contribution in [2.45, 2.75) is 26.2 Å². The lowest BCUT2D eigenvalue weighted by Gasteiger charge is -2.19. The van der Waals surface area contributed by atoms with Crippen molar-refractivity contribution >= 4 is 23.5 Å². The van der Waals surface area contributed by atoms with E-state index < -0.39 is 17.2 Å². The van der Waals surface area contributed by atoms with Gasteiger partial charge in [0.25, 0.3) is 0 Å². The lowest BCUT2D eigenvalue weighted by atomic mass is 9.94. The maximum Gasteiger partial charge on any atom is 0.310 e. The molecule has 1 aliphatic carbocycles. The molecule has 0 aliphatic heterocycles. The van der Waals surface area contributed by atoms with Crippen molar-refractivity contribution in [3.63, 3.8) is 0 Å². The first-order chi connectivity index (χ1) is 9.74. The highest BCUT2D eigenvalue weighted by atomic mass is 35.5. The van der Waals surface area contributed by atoms with Crippen LogP contribution < -0.4 is 5.32 Å². The van der Waals surface area contributed by atoms with E-state index in [9.17, 15) is 14.0 Å². The van der Waals surface area contributed by atoms with Crippen molar-refractivity contribution < 1.29 is 19.1 Å². The third-order valence-corrected chi connectivity index (χ3v) is 4.11. The van der Waals surface area contributed by atoms with E-state index in [1.807, 2.05) is 0 Å². The van der Waals surface area contributed by atoms with Crippen LogP contribution in [0.1, 0.15) is 31.7 Å². The number of carboxylic acid groups (broad SMARTS) is 1. The van der Waals surface area contributed by atoms with Gasteiger partial charge in [-0.25, -0.2) is 4.39 Å². The van der Waals surface area contributed by atoms with Crippen molar-refractivity contribution in [2.75, 3.05) is 6.54 Å².